The van der Waals surface area contributed by atoms with Crippen molar-refractivity contribution in [3.8, 4) is 0 Å². The van der Waals surface area contributed by atoms with Crippen LogP contribution in [-0.2, 0) is 4.79 Å². The highest BCUT2D eigenvalue weighted by Crippen LogP contribution is 2.48. The first-order valence-electron chi connectivity index (χ1n) is 6.34. The van der Waals surface area contributed by atoms with Crippen LogP contribution in [0, 0.1) is 5.92 Å². The summed E-state index contributed by atoms with van der Waals surface area (Å²) in [7, 11) is 2.06. The Morgan fingerprint density at radius 1 is 1.44 bits per heavy atom. The van der Waals surface area contributed by atoms with Crippen molar-refractivity contribution in [2.45, 2.75) is 31.2 Å². The largest absolute Gasteiger partial charge is 0.481 e. The zero-order chi connectivity index (χ0) is 12.9. The minimum Gasteiger partial charge on any atom is -0.481 e. The van der Waals surface area contributed by atoms with Crippen LogP contribution in [0.5, 0.6) is 0 Å². The number of benzene rings is 1. The summed E-state index contributed by atoms with van der Waals surface area (Å²) in [6.07, 6.45) is 3.20. The molecule has 3 atom stereocenters. The average Bonchev–Trinajstić information content (AvgIpc) is 2.77. The van der Waals surface area contributed by atoms with Crippen molar-refractivity contribution < 1.29 is 9.90 Å². The molecule has 3 rings (SSSR count). The van der Waals surface area contributed by atoms with E-state index < -0.39 is 11.9 Å². The van der Waals surface area contributed by atoms with Crippen molar-refractivity contribution in [1.82, 2.24) is 0 Å². The zero-order valence-corrected chi connectivity index (χ0v) is 11.0. The van der Waals surface area contributed by atoms with Crippen molar-refractivity contribution in [3.63, 3.8) is 0 Å². The predicted molar refractivity (Wildman–Crippen MR) is 71.4 cm³/mol. The Balaban J connectivity index is 2.16. The van der Waals surface area contributed by atoms with E-state index in [9.17, 15) is 9.90 Å². The predicted octanol–water partition coefficient (Wildman–Crippen LogP) is 3.13. The fourth-order valence-electron chi connectivity index (χ4n) is 3.66. The first-order valence-corrected chi connectivity index (χ1v) is 6.72. The van der Waals surface area contributed by atoms with E-state index in [4.69, 9.17) is 11.6 Å². The second-order valence-electron chi connectivity index (χ2n) is 5.29. The molecule has 0 aromatic heterocycles. The lowest BCUT2D eigenvalue weighted by atomic mass is 9.78. The van der Waals surface area contributed by atoms with Crippen LogP contribution in [-0.4, -0.2) is 24.2 Å². The van der Waals surface area contributed by atoms with Crippen molar-refractivity contribution in [2.24, 2.45) is 5.92 Å². The van der Waals surface area contributed by atoms with Gasteiger partial charge in [0, 0.05) is 23.8 Å². The summed E-state index contributed by atoms with van der Waals surface area (Å²) in [5, 5.41) is 10.2. The maximum Gasteiger partial charge on any atom is 0.311 e. The Kier molecular flexibility index (Phi) is 2.74. The number of nitrogens with zero attached hydrogens (tertiary/aromatic N) is 1. The molecule has 1 aliphatic carbocycles. The summed E-state index contributed by atoms with van der Waals surface area (Å²) in [6.45, 7) is 0. The van der Waals surface area contributed by atoms with Crippen molar-refractivity contribution >= 4 is 23.3 Å². The first-order chi connectivity index (χ1) is 8.59. The van der Waals surface area contributed by atoms with E-state index in [1.54, 1.807) is 0 Å². The Morgan fingerprint density at radius 3 is 2.94 bits per heavy atom. The van der Waals surface area contributed by atoms with E-state index in [2.05, 4.69) is 11.9 Å². The number of carboxylic acid groups (broad SMARTS) is 1. The number of rotatable bonds is 1. The maximum atomic E-state index is 11.6. The highest BCUT2D eigenvalue weighted by molar-refractivity contribution is 6.30. The van der Waals surface area contributed by atoms with Gasteiger partial charge in [0.15, 0.2) is 0 Å². The average molecular weight is 266 g/mol. The summed E-state index contributed by atoms with van der Waals surface area (Å²) in [5.74, 6) is -0.899. The first kappa shape index (κ1) is 11.8. The number of fused-ring (bicyclic) bond motifs is 2. The van der Waals surface area contributed by atoms with Gasteiger partial charge in [-0.2, -0.15) is 0 Å². The molecule has 1 aromatic rings. The molecule has 1 heterocycles. The van der Waals surface area contributed by atoms with Crippen molar-refractivity contribution in [3.05, 3.63) is 28.8 Å². The quantitative estimate of drug-likeness (QED) is 0.848. The lowest BCUT2D eigenvalue weighted by Gasteiger charge is -2.41. The summed E-state index contributed by atoms with van der Waals surface area (Å²) in [5.41, 5.74) is 1.90. The molecule has 18 heavy (non-hydrogen) atoms. The maximum absolute atomic E-state index is 11.6. The molecule has 0 amide bonds. The molecule has 3 nitrogen and oxygen atoms in total. The van der Waals surface area contributed by atoms with Crippen LogP contribution in [0.4, 0.5) is 5.69 Å². The van der Waals surface area contributed by atoms with Gasteiger partial charge in [-0.25, -0.2) is 0 Å². The van der Waals surface area contributed by atoms with Crippen LogP contribution in [0.3, 0.4) is 0 Å². The Labute approximate surface area is 111 Å². The molecule has 1 aromatic carbocycles. The fourth-order valence-corrected chi connectivity index (χ4v) is 3.84. The number of hydrogen-bond acceptors (Lipinski definition) is 2. The highest BCUT2D eigenvalue weighted by atomic mass is 35.5. The summed E-state index contributed by atoms with van der Waals surface area (Å²) >= 11 is 6.03. The van der Waals surface area contributed by atoms with E-state index in [0.29, 0.717) is 11.1 Å². The van der Waals surface area contributed by atoms with Gasteiger partial charge in [0.25, 0.3) is 0 Å². The third-order valence-corrected chi connectivity index (χ3v) is 4.66. The van der Waals surface area contributed by atoms with Crippen LogP contribution in [0.25, 0.3) is 0 Å². The van der Waals surface area contributed by atoms with Gasteiger partial charge in [0.1, 0.15) is 0 Å². The minimum absolute atomic E-state index is 0.221. The van der Waals surface area contributed by atoms with Crippen molar-refractivity contribution in [1.29, 1.82) is 0 Å². The van der Waals surface area contributed by atoms with Gasteiger partial charge in [0.2, 0.25) is 0 Å². The SMILES string of the molecule is CN1c2ccc(Cl)cc2C(C(=O)O)C2CCCC21. The van der Waals surface area contributed by atoms with Gasteiger partial charge in [-0.05, 0) is 42.5 Å². The third-order valence-electron chi connectivity index (χ3n) is 4.43. The number of carboxylic acids is 1. The molecule has 1 saturated carbocycles. The molecule has 96 valence electrons. The topological polar surface area (TPSA) is 40.5 Å². The van der Waals surface area contributed by atoms with Crippen LogP contribution in [0.1, 0.15) is 30.7 Å². The second kappa shape index (κ2) is 4.16. The zero-order valence-electron chi connectivity index (χ0n) is 10.3. The molecule has 0 saturated heterocycles. The number of hydrogen-bond donors (Lipinski definition) is 1. The molecule has 0 bridgehead atoms. The van der Waals surface area contributed by atoms with Crippen LogP contribution in [0.2, 0.25) is 5.02 Å². The molecule has 3 unspecified atom stereocenters. The number of halogens is 1. The van der Waals surface area contributed by atoms with E-state index in [-0.39, 0.29) is 5.92 Å². The molecule has 0 radical (unpaired) electrons. The van der Waals surface area contributed by atoms with Gasteiger partial charge in [0.05, 0.1) is 5.92 Å². The molecule has 1 fully saturated rings. The molecule has 4 heteroatoms. The van der Waals surface area contributed by atoms with Gasteiger partial charge in [-0.15, -0.1) is 0 Å². The number of anilines is 1. The number of aliphatic carboxylic acids is 1. The van der Waals surface area contributed by atoms with Crippen LogP contribution in [0.15, 0.2) is 18.2 Å². The Bertz CT molecular complexity index is 503. The van der Waals surface area contributed by atoms with Crippen molar-refractivity contribution in [2.75, 3.05) is 11.9 Å². The summed E-state index contributed by atoms with van der Waals surface area (Å²) in [4.78, 5) is 13.9. The monoisotopic (exact) mass is 265 g/mol. The lowest BCUT2D eigenvalue weighted by Crippen LogP contribution is -2.44. The highest BCUT2D eigenvalue weighted by Gasteiger charge is 2.45. The van der Waals surface area contributed by atoms with E-state index >= 15 is 0 Å². The molecule has 1 N–H and O–H groups in total. The Hall–Kier alpha value is -1.22. The molecule has 0 spiro atoms. The lowest BCUT2D eigenvalue weighted by molar-refractivity contribution is -0.140. The molecule has 1 aliphatic heterocycles. The molecule has 2 aliphatic rings. The Morgan fingerprint density at radius 2 is 2.22 bits per heavy atom. The normalized spacial score (nSPS) is 29.9. The van der Waals surface area contributed by atoms with Gasteiger partial charge < -0.3 is 10.0 Å². The van der Waals surface area contributed by atoms with E-state index in [0.717, 1.165) is 30.5 Å². The molecular formula is C14H16ClNO2. The molecular weight excluding hydrogens is 250 g/mol. The van der Waals surface area contributed by atoms with E-state index in [1.165, 1.54) is 0 Å². The van der Waals surface area contributed by atoms with Crippen LogP contribution >= 0.6 is 11.6 Å². The minimum atomic E-state index is -0.719. The van der Waals surface area contributed by atoms with Crippen LogP contribution < -0.4 is 4.90 Å². The second-order valence-corrected chi connectivity index (χ2v) is 5.73. The third kappa shape index (κ3) is 1.61. The fraction of sp³-hybridized carbons (Fsp3) is 0.500. The van der Waals surface area contributed by atoms with Gasteiger partial charge in [-0.3, -0.25) is 4.79 Å². The van der Waals surface area contributed by atoms with Gasteiger partial charge >= 0.3 is 5.97 Å². The summed E-state index contributed by atoms with van der Waals surface area (Å²) in [6, 6.07) is 5.97. The standard InChI is InChI=1S/C14H16ClNO2/c1-16-11-4-2-3-9(11)13(14(17)18)10-7-8(15)5-6-12(10)16/h5-7,9,11,13H,2-4H2,1H3,(H,17,18). The van der Waals surface area contributed by atoms with Gasteiger partial charge in [-0.1, -0.05) is 18.0 Å². The smallest absolute Gasteiger partial charge is 0.311 e. The number of carbonyl (C=O) groups is 1. The van der Waals surface area contributed by atoms with E-state index in [1.807, 2.05) is 18.2 Å². The summed E-state index contributed by atoms with van der Waals surface area (Å²) < 4.78 is 0.